The first-order valence-corrected chi connectivity index (χ1v) is 10.3. The highest BCUT2D eigenvalue weighted by molar-refractivity contribution is 7.89. The van der Waals surface area contributed by atoms with Crippen molar-refractivity contribution in [1.29, 1.82) is 0 Å². The molecule has 1 saturated heterocycles. The van der Waals surface area contributed by atoms with Gasteiger partial charge >= 0.3 is 0 Å². The van der Waals surface area contributed by atoms with Crippen molar-refractivity contribution in [3.05, 3.63) is 59.9 Å². The molecule has 1 amide bonds. The van der Waals surface area contributed by atoms with E-state index in [1.165, 1.54) is 33.5 Å². The van der Waals surface area contributed by atoms with Crippen LogP contribution in [0, 0.1) is 18.7 Å². The predicted octanol–water partition coefficient (Wildman–Crippen LogP) is 3.20. The molecular weight excluding hydrogens is 367 g/mol. The van der Waals surface area contributed by atoms with Gasteiger partial charge in [-0.05, 0) is 56.2 Å². The molecule has 0 N–H and O–H groups in total. The molecule has 2 aromatic rings. The molecule has 0 spiro atoms. The summed E-state index contributed by atoms with van der Waals surface area (Å²) in [5, 5.41) is 0. The third-order valence-electron chi connectivity index (χ3n) is 4.94. The lowest BCUT2D eigenvalue weighted by molar-refractivity contribution is -0.123. The van der Waals surface area contributed by atoms with Crippen molar-refractivity contribution in [3.63, 3.8) is 0 Å². The van der Waals surface area contributed by atoms with E-state index in [9.17, 15) is 17.6 Å². The minimum absolute atomic E-state index is 0.153. The van der Waals surface area contributed by atoms with E-state index in [1.807, 2.05) is 6.92 Å². The normalized spacial score (nSPS) is 18.3. The van der Waals surface area contributed by atoms with Gasteiger partial charge in [-0.3, -0.25) is 4.79 Å². The van der Waals surface area contributed by atoms with Crippen LogP contribution in [-0.2, 0) is 14.8 Å². The van der Waals surface area contributed by atoms with Gasteiger partial charge in [0.2, 0.25) is 15.9 Å². The fourth-order valence-corrected chi connectivity index (χ4v) is 4.81. The molecule has 0 aromatic heterocycles. The first kappa shape index (κ1) is 19.5. The molecule has 2 aromatic carbocycles. The van der Waals surface area contributed by atoms with Crippen LogP contribution in [0.2, 0.25) is 0 Å². The summed E-state index contributed by atoms with van der Waals surface area (Å²) in [6.07, 6.45) is 1.25. The highest BCUT2D eigenvalue weighted by Gasteiger charge is 2.34. The molecule has 7 heteroatoms. The second-order valence-electron chi connectivity index (χ2n) is 6.89. The molecule has 0 aliphatic carbocycles. The van der Waals surface area contributed by atoms with Gasteiger partial charge < -0.3 is 4.90 Å². The number of sulfonamides is 1. The van der Waals surface area contributed by atoms with Gasteiger partial charge in [0.25, 0.3) is 0 Å². The number of hydrogen-bond donors (Lipinski definition) is 0. The van der Waals surface area contributed by atoms with Crippen LogP contribution >= 0.6 is 0 Å². The SMILES string of the molecule is Cc1ccc(S(=O)(=O)N2CCC[C@H](C(=O)N(C)c3ccc(F)cc3)C2)cc1. The Bertz CT molecular complexity index is 911. The summed E-state index contributed by atoms with van der Waals surface area (Å²) in [5.41, 5.74) is 1.57. The maximum Gasteiger partial charge on any atom is 0.243 e. The summed E-state index contributed by atoms with van der Waals surface area (Å²) in [7, 11) is -2.00. The van der Waals surface area contributed by atoms with Crippen molar-refractivity contribution in [2.45, 2.75) is 24.7 Å². The summed E-state index contributed by atoms with van der Waals surface area (Å²) in [4.78, 5) is 14.6. The number of rotatable bonds is 4. The number of carbonyl (C=O) groups excluding carboxylic acids is 1. The molecule has 0 bridgehead atoms. The highest BCUT2D eigenvalue weighted by atomic mass is 32.2. The molecule has 144 valence electrons. The van der Waals surface area contributed by atoms with E-state index in [4.69, 9.17) is 0 Å². The Kier molecular flexibility index (Phi) is 5.62. The largest absolute Gasteiger partial charge is 0.315 e. The van der Waals surface area contributed by atoms with Gasteiger partial charge in [-0.25, -0.2) is 12.8 Å². The zero-order valence-corrected chi connectivity index (χ0v) is 16.2. The van der Waals surface area contributed by atoms with Crippen LogP contribution in [0.5, 0.6) is 0 Å². The van der Waals surface area contributed by atoms with E-state index < -0.39 is 15.9 Å². The average Bonchev–Trinajstić information content (AvgIpc) is 2.68. The summed E-state index contributed by atoms with van der Waals surface area (Å²) < 4.78 is 40.3. The van der Waals surface area contributed by atoms with Gasteiger partial charge in [0.1, 0.15) is 5.82 Å². The van der Waals surface area contributed by atoms with Gasteiger partial charge in [-0.15, -0.1) is 0 Å². The Hall–Kier alpha value is -2.25. The van der Waals surface area contributed by atoms with Crippen LogP contribution in [0.3, 0.4) is 0 Å². The number of halogens is 1. The number of piperidine rings is 1. The van der Waals surface area contributed by atoms with E-state index in [0.29, 0.717) is 25.1 Å². The molecule has 1 aliphatic rings. The molecular formula is C20H23FN2O3S. The maximum atomic E-state index is 13.1. The van der Waals surface area contributed by atoms with Crippen molar-refractivity contribution in [1.82, 2.24) is 4.31 Å². The van der Waals surface area contributed by atoms with E-state index in [-0.39, 0.29) is 23.2 Å². The Morgan fingerprint density at radius 3 is 2.37 bits per heavy atom. The number of carbonyl (C=O) groups is 1. The molecule has 27 heavy (non-hydrogen) atoms. The number of nitrogens with zero attached hydrogens (tertiary/aromatic N) is 2. The number of anilines is 1. The average molecular weight is 390 g/mol. The number of hydrogen-bond acceptors (Lipinski definition) is 3. The van der Waals surface area contributed by atoms with Crippen LogP contribution in [0.25, 0.3) is 0 Å². The molecule has 1 atom stereocenters. The monoisotopic (exact) mass is 390 g/mol. The third-order valence-corrected chi connectivity index (χ3v) is 6.82. The molecule has 0 radical (unpaired) electrons. The van der Waals surface area contributed by atoms with Crippen molar-refractivity contribution in [2.75, 3.05) is 25.0 Å². The fraction of sp³-hybridized carbons (Fsp3) is 0.350. The summed E-state index contributed by atoms with van der Waals surface area (Å²) >= 11 is 0. The minimum atomic E-state index is -3.63. The lowest BCUT2D eigenvalue weighted by Gasteiger charge is -2.33. The Balaban J connectivity index is 1.76. The van der Waals surface area contributed by atoms with E-state index in [0.717, 1.165) is 5.56 Å². The zero-order chi connectivity index (χ0) is 19.6. The molecule has 0 unspecified atom stereocenters. The van der Waals surface area contributed by atoms with Crippen LogP contribution in [0.4, 0.5) is 10.1 Å². The quantitative estimate of drug-likeness (QED) is 0.806. The lowest BCUT2D eigenvalue weighted by atomic mass is 9.98. The van der Waals surface area contributed by atoms with Gasteiger partial charge in [-0.2, -0.15) is 4.31 Å². The first-order chi connectivity index (χ1) is 12.8. The summed E-state index contributed by atoms with van der Waals surface area (Å²) in [6, 6.07) is 12.4. The maximum absolute atomic E-state index is 13.1. The van der Waals surface area contributed by atoms with Crippen LogP contribution < -0.4 is 4.90 Å². The number of aryl methyl sites for hydroxylation is 1. The fourth-order valence-electron chi connectivity index (χ4n) is 3.29. The van der Waals surface area contributed by atoms with E-state index >= 15 is 0 Å². The Morgan fingerprint density at radius 2 is 1.74 bits per heavy atom. The second kappa shape index (κ2) is 7.78. The van der Waals surface area contributed by atoms with Crippen molar-refractivity contribution < 1.29 is 17.6 Å². The smallest absolute Gasteiger partial charge is 0.243 e. The van der Waals surface area contributed by atoms with Gasteiger partial charge in [0.15, 0.2) is 0 Å². The van der Waals surface area contributed by atoms with Crippen LogP contribution in [0.1, 0.15) is 18.4 Å². The second-order valence-corrected chi connectivity index (χ2v) is 8.83. The summed E-state index contributed by atoms with van der Waals surface area (Å²) in [6.45, 7) is 2.46. The van der Waals surface area contributed by atoms with Gasteiger partial charge in [0.05, 0.1) is 10.8 Å². The van der Waals surface area contributed by atoms with E-state index in [1.54, 1.807) is 31.3 Å². The molecule has 1 aliphatic heterocycles. The third kappa shape index (κ3) is 4.20. The van der Waals surface area contributed by atoms with Crippen molar-refractivity contribution >= 4 is 21.6 Å². The number of amides is 1. The zero-order valence-electron chi connectivity index (χ0n) is 15.4. The first-order valence-electron chi connectivity index (χ1n) is 8.89. The Labute approximate surface area is 159 Å². The van der Waals surface area contributed by atoms with Gasteiger partial charge in [0, 0.05) is 25.8 Å². The predicted molar refractivity (Wildman–Crippen MR) is 102 cm³/mol. The molecule has 5 nitrogen and oxygen atoms in total. The lowest BCUT2D eigenvalue weighted by Crippen LogP contribution is -2.45. The van der Waals surface area contributed by atoms with Crippen molar-refractivity contribution in [2.24, 2.45) is 5.92 Å². The molecule has 0 saturated carbocycles. The van der Waals surface area contributed by atoms with Crippen LogP contribution in [0.15, 0.2) is 53.4 Å². The van der Waals surface area contributed by atoms with Gasteiger partial charge in [-0.1, -0.05) is 17.7 Å². The number of benzene rings is 2. The summed E-state index contributed by atoms with van der Waals surface area (Å²) in [5.74, 6) is -0.952. The molecule has 1 fully saturated rings. The highest BCUT2D eigenvalue weighted by Crippen LogP contribution is 2.26. The minimum Gasteiger partial charge on any atom is -0.315 e. The van der Waals surface area contributed by atoms with Crippen LogP contribution in [-0.4, -0.2) is 38.8 Å². The molecule has 3 rings (SSSR count). The topological polar surface area (TPSA) is 57.7 Å². The van der Waals surface area contributed by atoms with Crippen molar-refractivity contribution in [3.8, 4) is 0 Å². The standard InChI is InChI=1S/C20H23FN2O3S/c1-15-5-11-19(12-6-15)27(25,26)23-13-3-4-16(14-23)20(24)22(2)18-9-7-17(21)8-10-18/h5-12,16H,3-4,13-14H2,1-2H3/t16-/m0/s1. The Morgan fingerprint density at radius 1 is 1.11 bits per heavy atom. The van der Waals surface area contributed by atoms with E-state index in [2.05, 4.69) is 0 Å². The molecule has 1 heterocycles.